The summed E-state index contributed by atoms with van der Waals surface area (Å²) in [5.74, 6) is 1.08. The molecule has 2 aromatic rings. The van der Waals surface area contributed by atoms with Gasteiger partial charge in [0.15, 0.2) is 11.5 Å². The summed E-state index contributed by atoms with van der Waals surface area (Å²) in [6.45, 7) is 5.36. The van der Waals surface area contributed by atoms with Crippen molar-refractivity contribution in [2.75, 3.05) is 38.9 Å². The molecule has 0 fully saturated rings. The van der Waals surface area contributed by atoms with Gasteiger partial charge in [-0.3, -0.25) is 4.79 Å². The van der Waals surface area contributed by atoms with Crippen LogP contribution in [0.25, 0.3) is 0 Å². The number of anilines is 1. The van der Waals surface area contributed by atoms with Crippen LogP contribution in [0.2, 0.25) is 0 Å². The molecule has 3 amide bonds. The smallest absolute Gasteiger partial charge is 0.321 e. The van der Waals surface area contributed by atoms with E-state index in [1.165, 1.54) is 0 Å². The number of aromatic nitrogens is 3. The molecule has 3 atom stereocenters. The zero-order valence-corrected chi connectivity index (χ0v) is 20.9. The minimum atomic E-state index is -0.388. The Morgan fingerprint density at radius 3 is 2.94 bits per heavy atom. The Kier molecular flexibility index (Phi) is 8.26. The fourth-order valence-corrected chi connectivity index (χ4v) is 4.29. The first kappa shape index (κ1) is 25.7. The fourth-order valence-electron chi connectivity index (χ4n) is 4.29. The third-order valence-corrected chi connectivity index (χ3v) is 6.56. The minimum absolute atomic E-state index is 0.0294. The number of amides is 3. The number of fused-ring (bicyclic) bond motifs is 2. The number of likely N-dealkylation sites (N-methyl/N-ethyl adjacent to an activating group) is 1. The van der Waals surface area contributed by atoms with Crippen molar-refractivity contribution in [3.05, 3.63) is 30.1 Å². The second-order valence-electron chi connectivity index (χ2n) is 9.34. The maximum absolute atomic E-state index is 13.0. The van der Waals surface area contributed by atoms with Gasteiger partial charge < -0.3 is 34.4 Å². The predicted octanol–water partition coefficient (Wildman–Crippen LogP) is 1.70. The van der Waals surface area contributed by atoms with Crippen LogP contribution in [0.3, 0.4) is 0 Å². The van der Waals surface area contributed by atoms with Crippen molar-refractivity contribution in [2.45, 2.75) is 52.0 Å². The first-order valence-electron chi connectivity index (χ1n) is 12.2. The van der Waals surface area contributed by atoms with Gasteiger partial charge in [-0.25, -0.2) is 9.48 Å². The van der Waals surface area contributed by atoms with Gasteiger partial charge in [-0.1, -0.05) is 12.1 Å². The molecule has 3 heterocycles. The Balaban J connectivity index is 1.48. The summed E-state index contributed by atoms with van der Waals surface area (Å²) in [5.41, 5.74) is 1.40. The Labute approximate surface area is 210 Å². The number of aryl methyl sites for hydroxylation is 1. The highest BCUT2D eigenvalue weighted by atomic mass is 16.7. The van der Waals surface area contributed by atoms with Gasteiger partial charge in [-0.15, -0.1) is 5.10 Å². The molecule has 0 unspecified atom stereocenters. The van der Waals surface area contributed by atoms with Crippen molar-refractivity contribution in [1.82, 2.24) is 24.8 Å². The van der Waals surface area contributed by atoms with Gasteiger partial charge in [0, 0.05) is 50.8 Å². The number of hydrogen-bond acceptors (Lipinski definition) is 8. The Morgan fingerprint density at radius 1 is 1.33 bits per heavy atom. The maximum Gasteiger partial charge on any atom is 0.321 e. The molecular formula is C24H34N6O6. The summed E-state index contributed by atoms with van der Waals surface area (Å²) in [4.78, 5) is 29.2. The lowest BCUT2D eigenvalue weighted by atomic mass is 10.0. The molecule has 36 heavy (non-hydrogen) atoms. The van der Waals surface area contributed by atoms with E-state index in [1.54, 1.807) is 45.9 Å². The maximum atomic E-state index is 13.0. The van der Waals surface area contributed by atoms with Gasteiger partial charge >= 0.3 is 6.03 Å². The number of nitrogens with zero attached hydrogens (tertiary/aromatic N) is 5. The number of aliphatic hydroxyl groups is 1. The molecule has 2 aliphatic heterocycles. The molecule has 0 radical (unpaired) electrons. The molecule has 4 rings (SSSR count). The monoisotopic (exact) mass is 502 g/mol. The van der Waals surface area contributed by atoms with Crippen LogP contribution in [-0.2, 0) is 22.7 Å². The highest BCUT2D eigenvalue weighted by molar-refractivity contribution is 5.89. The highest BCUT2D eigenvalue weighted by Gasteiger charge is 2.29. The molecular weight excluding hydrogens is 468 g/mol. The average molecular weight is 503 g/mol. The topological polar surface area (TPSA) is 131 Å². The Bertz CT molecular complexity index is 1060. The van der Waals surface area contributed by atoms with Crippen molar-refractivity contribution in [1.29, 1.82) is 0 Å². The van der Waals surface area contributed by atoms with Gasteiger partial charge in [-0.05, 0) is 25.5 Å². The zero-order chi connectivity index (χ0) is 25.7. The van der Waals surface area contributed by atoms with E-state index < -0.39 is 0 Å². The van der Waals surface area contributed by atoms with Gasteiger partial charge in [0.2, 0.25) is 12.7 Å². The highest BCUT2D eigenvalue weighted by Crippen LogP contribution is 2.34. The molecule has 0 aliphatic carbocycles. The number of carbonyl (C=O) groups is 2. The van der Waals surface area contributed by atoms with E-state index in [1.807, 2.05) is 13.8 Å². The first-order chi connectivity index (χ1) is 17.4. The van der Waals surface area contributed by atoms with Gasteiger partial charge in [0.25, 0.3) is 0 Å². The van der Waals surface area contributed by atoms with E-state index in [0.717, 1.165) is 5.69 Å². The number of nitrogens with one attached hydrogen (secondary N) is 1. The minimum Gasteiger partial charge on any atom is -0.454 e. The molecule has 0 bridgehead atoms. The molecule has 0 saturated carbocycles. The van der Waals surface area contributed by atoms with Crippen LogP contribution in [0.15, 0.2) is 24.4 Å². The van der Waals surface area contributed by atoms with Crippen LogP contribution in [0.5, 0.6) is 11.5 Å². The van der Waals surface area contributed by atoms with E-state index in [-0.39, 0.29) is 56.6 Å². The van der Waals surface area contributed by atoms with Crippen LogP contribution >= 0.6 is 0 Å². The molecule has 2 aliphatic rings. The molecule has 1 aromatic carbocycles. The SMILES string of the molecule is C[C@H](CO)N1C[C@H](C)[C@H](CN(C)C(=O)Nc2ccc3c(c2)OCO3)OCc2cnnn2CCCC1=O. The van der Waals surface area contributed by atoms with Gasteiger partial charge in [-0.2, -0.15) is 0 Å². The molecule has 1 aromatic heterocycles. The Morgan fingerprint density at radius 2 is 2.14 bits per heavy atom. The van der Waals surface area contributed by atoms with Gasteiger partial charge in [0.05, 0.1) is 37.3 Å². The number of urea groups is 1. The third kappa shape index (κ3) is 6.05. The van der Waals surface area contributed by atoms with Crippen molar-refractivity contribution >= 4 is 17.6 Å². The van der Waals surface area contributed by atoms with Crippen molar-refractivity contribution < 1.29 is 28.9 Å². The number of hydrogen-bond donors (Lipinski definition) is 2. The standard InChI is InChI=1S/C24H34N6O6/c1-16-11-29(17(2)13-31)23(32)5-4-8-30-19(10-25-27-30)14-34-22(16)12-28(3)24(33)26-18-6-7-20-21(9-18)36-15-35-20/h6-7,9-10,16-17,22,31H,4-5,8,11-15H2,1-3H3,(H,26,33)/t16-,17+,22-/m0/s1. The summed E-state index contributed by atoms with van der Waals surface area (Å²) in [6.07, 6.45) is 2.23. The fraction of sp³-hybridized carbons (Fsp3) is 0.583. The zero-order valence-electron chi connectivity index (χ0n) is 20.9. The van der Waals surface area contributed by atoms with Crippen molar-refractivity contribution in [3.63, 3.8) is 0 Å². The Hall–Kier alpha value is -3.38. The summed E-state index contributed by atoms with van der Waals surface area (Å²) in [7, 11) is 1.69. The van der Waals surface area contributed by atoms with Crippen LogP contribution in [0, 0.1) is 5.92 Å². The largest absolute Gasteiger partial charge is 0.454 e. The van der Waals surface area contributed by atoms with E-state index in [0.29, 0.717) is 43.1 Å². The van der Waals surface area contributed by atoms with Crippen LogP contribution < -0.4 is 14.8 Å². The summed E-state index contributed by atoms with van der Waals surface area (Å²) in [6, 6.07) is 4.59. The number of carbonyl (C=O) groups excluding carboxylic acids is 2. The van der Waals surface area contributed by atoms with E-state index in [4.69, 9.17) is 14.2 Å². The predicted molar refractivity (Wildman–Crippen MR) is 129 cm³/mol. The number of ether oxygens (including phenoxy) is 3. The summed E-state index contributed by atoms with van der Waals surface area (Å²) < 4.78 is 18.7. The second-order valence-corrected chi connectivity index (χ2v) is 9.34. The van der Waals surface area contributed by atoms with E-state index >= 15 is 0 Å². The van der Waals surface area contributed by atoms with Gasteiger partial charge in [0.1, 0.15) is 0 Å². The van der Waals surface area contributed by atoms with E-state index in [9.17, 15) is 14.7 Å². The third-order valence-electron chi connectivity index (χ3n) is 6.56. The summed E-state index contributed by atoms with van der Waals surface area (Å²) >= 11 is 0. The molecule has 2 N–H and O–H groups in total. The van der Waals surface area contributed by atoms with Crippen molar-refractivity contribution in [2.24, 2.45) is 5.92 Å². The second kappa shape index (κ2) is 11.6. The van der Waals surface area contributed by atoms with Crippen LogP contribution in [0.1, 0.15) is 32.4 Å². The quantitative estimate of drug-likeness (QED) is 0.632. The molecule has 12 heteroatoms. The molecule has 196 valence electrons. The van der Waals surface area contributed by atoms with Crippen LogP contribution in [0.4, 0.5) is 10.5 Å². The average Bonchev–Trinajstić information content (AvgIpc) is 3.52. The summed E-state index contributed by atoms with van der Waals surface area (Å²) in [5, 5.41) is 20.7. The first-order valence-corrected chi connectivity index (χ1v) is 12.2. The lowest BCUT2D eigenvalue weighted by Crippen LogP contribution is -2.48. The van der Waals surface area contributed by atoms with Crippen LogP contribution in [-0.4, -0.2) is 87.5 Å². The number of aliphatic hydroxyl groups excluding tert-OH is 1. The number of rotatable bonds is 5. The van der Waals surface area contributed by atoms with Crippen molar-refractivity contribution in [3.8, 4) is 11.5 Å². The molecule has 0 spiro atoms. The number of benzene rings is 1. The molecule has 12 nitrogen and oxygen atoms in total. The molecule has 0 saturated heterocycles. The lowest BCUT2D eigenvalue weighted by molar-refractivity contribution is -0.136. The normalized spacial score (nSPS) is 21.2. The van der Waals surface area contributed by atoms with E-state index in [2.05, 4.69) is 15.6 Å². The lowest BCUT2D eigenvalue weighted by Gasteiger charge is -2.35.